The summed E-state index contributed by atoms with van der Waals surface area (Å²) in [5, 5.41) is 11.7. The van der Waals surface area contributed by atoms with Gasteiger partial charge in [0.25, 0.3) is 15.9 Å². The van der Waals surface area contributed by atoms with Crippen LogP contribution < -0.4 is 10.0 Å². The van der Waals surface area contributed by atoms with Gasteiger partial charge < -0.3 is 10.4 Å². The van der Waals surface area contributed by atoms with E-state index in [1.807, 2.05) is 13.0 Å². The van der Waals surface area contributed by atoms with E-state index in [4.69, 9.17) is 0 Å². The van der Waals surface area contributed by atoms with Crippen molar-refractivity contribution < 1.29 is 18.3 Å². The summed E-state index contributed by atoms with van der Waals surface area (Å²) in [6.45, 7) is 3.51. The molecule has 6 nitrogen and oxygen atoms in total. The molecule has 0 aliphatic heterocycles. The van der Waals surface area contributed by atoms with Gasteiger partial charge >= 0.3 is 0 Å². The molecule has 128 valence electrons. The number of nitrogens with one attached hydrogen (secondary N) is 2. The van der Waals surface area contributed by atoms with Gasteiger partial charge in [0.05, 0.1) is 11.0 Å². The minimum atomic E-state index is -3.80. The molecule has 1 amide bonds. The zero-order valence-electron chi connectivity index (χ0n) is 13.5. The highest BCUT2D eigenvalue weighted by atomic mass is 32.2. The molecule has 0 saturated carbocycles. The molecule has 2 aromatic rings. The van der Waals surface area contributed by atoms with Crippen molar-refractivity contribution in [3.8, 4) is 0 Å². The number of rotatable bonds is 6. The topological polar surface area (TPSA) is 95.5 Å². The number of hydrogen-bond donors (Lipinski definition) is 3. The fraction of sp³-hybridized carbons (Fsp3) is 0.235. The molecule has 1 unspecified atom stereocenters. The largest absolute Gasteiger partial charge is 0.392 e. The maximum Gasteiger partial charge on any atom is 0.261 e. The maximum atomic E-state index is 12.5. The molecular formula is C17H20N2O4S. The Bertz CT molecular complexity index is 832. The standard InChI is InChI=1S/C17H20N2O4S/c1-12-5-3-7-15(9-12)19-24(22,23)16-8-4-6-14(10-16)17(21)18-11-13(2)20/h3-10,13,19-20H,11H2,1-2H3,(H,18,21). The molecule has 0 aliphatic rings. The average Bonchev–Trinajstić information content (AvgIpc) is 2.52. The fourth-order valence-electron chi connectivity index (χ4n) is 2.07. The summed E-state index contributed by atoms with van der Waals surface area (Å²) >= 11 is 0. The van der Waals surface area contributed by atoms with E-state index in [2.05, 4.69) is 10.0 Å². The summed E-state index contributed by atoms with van der Waals surface area (Å²) in [4.78, 5) is 12.0. The van der Waals surface area contributed by atoms with Crippen LogP contribution in [0.15, 0.2) is 53.4 Å². The Hall–Kier alpha value is -2.38. The molecule has 0 aromatic heterocycles. The molecule has 7 heteroatoms. The van der Waals surface area contributed by atoms with Gasteiger partial charge in [-0.15, -0.1) is 0 Å². The van der Waals surface area contributed by atoms with Crippen LogP contribution in [0, 0.1) is 6.92 Å². The molecule has 0 radical (unpaired) electrons. The van der Waals surface area contributed by atoms with Crippen LogP contribution in [0.3, 0.4) is 0 Å². The van der Waals surface area contributed by atoms with Gasteiger partial charge in [0.2, 0.25) is 0 Å². The first-order valence-electron chi connectivity index (χ1n) is 7.44. The van der Waals surface area contributed by atoms with E-state index in [-0.39, 0.29) is 17.0 Å². The van der Waals surface area contributed by atoms with Crippen molar-refractivity contribution in [2.75, 3.05) is 11.3 Å². The first-order chi connectivity index (χ1) is 11.3. The second-order valence-electron chi connectivity index (χ2n) is 5.56. The van der Waals surface area contributed by atoms with Crippen LogP contribution in [0.25, 0.3) is 0 Å². The number of aryl methyl sites for hydroxylation is 1. The van der Waals surface area contributed by atoms with Crippen molar-refractivity contribution in [1.29, 1.82) is 0 Å². The summed E-state index contributed by atoms with van der Waals surface area (Å²) in [6.07, 6.45) is -0.677. The van der Waals surface area contributed by atoms with Crippen molar-refractivity contribution in [3.63, 3.8) is 0 Å². The molecule has 0 spiro atoms. The molecule has 3 N–H and O–H groups in total. The van der Waals surface area contributed by atoms with E-state index in [0.717, 1.165) is 5.56 Å². The molecular weight excluding hydrogens is 328 g/mol. The van der Waals surface area contributed by atoms with Crippen molar-refractivity contribution in [2.45, 2.75) is 24.8 Å². The highest BCUT2D eigenvalue weighted by molar-refractivity contribution is 7.92. The zero-order chi connectivity index (χ0) is 17.7. The highest BCUT2D eigenvalue weighted by Crippen LogP contribution is 2.18. The number of benzene rings is 2. The third kappa shape index (κ3) is 4.81. The molecule has 0 bridgehead atoms. The van der Waals surface area contributed by atoms with E-state index in [1.54, 1.807) is 25.1 Å². The number of hydrogen-bond acceptors (Lipinski definition) is 4. The van der Waals surface area contributed by atoms with Gasteiger partial charge in [0.1, 0.15) is 0 Å². The van der Waals surface area contributed by atoms with Crippen LogP contribution in [0.1, 0.15) is 22.8 Å². The summed E-state index contributed by atoms with van der Waals surface area (Å²) in [5.74, 6) is -0.441. The number of carbonyl (C=O) groups is 1. The molecule has 2 aromatic carbocycles. The minimum absolute atomic E-state index is 0.00583. The zero-order valence-corrected chi connectivity index (χ0v) is 14.3. The SMILES string of the molecule is Cc1cccc(NS(=O)(=O)c2cccc(C(=O)NCC(C)O)c2)c1. The molecule has 0 saturated heterocycles. The van der Waals surface area contributed by atoms with Crippen LogP contribution in [-0.4, -0.2) is 32.1 Å². The number of aliphatic hydroxyl groups is 1. The van der Waals surface area contributed by atoms with E-state index in [1.165, 1.54) is 24.3 Å². The maximum absolute atomic E-state index is 12.5. The molecule has 2 rings (SSSR count). The lowest BCUT2D eigenvalue weighted by Gasteiger charge is -2.11. The lowest BCUT2D eigenvalue weighted by molar-refractivity contribution is 0.0924. The lowest BCUT2D eigenvalue weighted by atomic mass is 10.2. The van der Waals surface area contributed by atoms with Crippen LogP contribution in [0.4, 0.5) is 5.69 Å². The third-order valence-electron chi connectivity index (χ3n) is 3.23. The first-order valence-corrected chi connectivity index (χ1v) is 8.92. The van der Waals surface area contributed by atoms with E-state index < -0.39 is 22.0 Å². The summed E-state index contributed by atoms with van der Waals surface area (Å²) in [6, 6.07) is 12.7. The van der Waals surface area contributed by atoms with Crippen molar-refractivity contribution in [3.05, 3.63) is 59.7 Å². The van der Waals surface area contributed by atoms with Gasteiger partial charge in [-0.2, -0.15) is 0 Å². The number of carbonyl (C=O) groups excluding carboxylic acids is 1. The van der Waals surface area contributed by atoms with Gasteiger partial charge in [-0.05, 0) is 49.7 Å². The lowest BCUT2D eigenvalue weighted by Crippen LogP contribution is -2.30. The van der Waals surface area contributed by atoms with Crippen LogP contribution >= 0.6 is 0 Å². The highest BCUT2D eigenvalue weighted by Gasteiger charge is 2.16. The second-order valence-corrected chi connectivity index (χ2v) is 7.24. The summed E-state index contributed by atoms with van der Waals surface area (Å²) < 4.78 is 27.4. The van der Waals surface area contributed by atoms with Gasteiger partial charge in [-0.3, -0.25) is 9.52 Å². The number of amides is 1. The van der Waals surface area contributed by atoms with Gasteiger partial charge in [-0.25, -0.2) is 8.42 Å². The van der Waals surface area contributed by atoms with Crippen LogP contribution in [0.2, 0.25) is 0 Å². The van der Waals surface area contributed by atoms with E-state index in [9.17, 15) is 18.3 Å². The Morgan fingerprint density at radius 3 is 2.54 bits per heavy atom. The Morgan fingerprint density at radius 2 is 1.88 bits per heavy atom. The minimum Gasteiger partial charge on any atom is -0.392 e. The monoisotopic (exact) mass is 348 g/mol. The second kappa shape index (κ2) is 7.46. The van der Waals surface area contributed by atoms with E-state index >= 15 is 0 Å². The van der Waals surface area contributed by atoms with E-state index in [0.29, 0.717) is 5.69 Å². The quantitative estimate of drug-likeness (QED) is 0.743. The fourth-order valence-corrected chi connectivity index (χ4v) is 3.16. The third-order valence-corrected chi connectivity index (χ3v) is 4.61. The van der Waals surface area contributed by atoms with Crippen LogP contribution in [0.5, 0.6) is 0 Å². The Kier molecular flexibility index (Phi) is 5.58. The first kappa shape index (κ1) is 18.0. The normalized spacial score (nSPS) is 12.5. The van der Waals surface area contributed by atoms with Gasteiger partial charge in [0.15, 0.2) is 0 Å². The number of sulfonamides is 1. The van der Waals surface area contributed by atoms with Crippen molar-refractivity contribution in [1.82, 2.24) is 5.32 Å². The van der Waals surface area contributed by atoms with Gasteiger partial charge in [-0.1, -0.05) is 18.2 Å². The Labute approximate surface area is 141 Å². The molecule has 1 atom stereocenters. The molecule has 0 aliphatic carbocycles. The molecule has 24 heavy (non-hydrogen) atoms. The molecule has 0 fully saturated rings. The van der Waals surface area contributed by atoms with Crippen LogP contribution in [-0.2, 0) is 10.0 Å². The number of aliphatic hydroxyl groups excluding tert-OH is 1. The predicted molar refractivity (Wildman–Crippen MR) is 92.4 cm³/mol. The Balaban J connectivity index is 2.21. The smallest absolute Gasteiger partial charge is 0.261 e. The summed E-state index contributed by atoms with van der Waals surface area (Å²) in [5.41, 5.74) is 1.60. The predicted octanol–water partition coefficient (Wildman–Crippen LogP) is 1.91. The average molecular weight is 348 g/mol. The van der Waals surface area contributed by atoms with Gasteiger partial charge in [0, 0.05) is 17.8 Å². The number of anilines is 1. The molecule has 0 heterocycles. The van der Waals surface area contributed by atoms with Crippen molar-refractivity contribution >= 4 is 21.6 Å². The Morgan fingerprint density at radius 1 is 1.17 bits per heavy atom. The summed E-state index contributed by atoms with van der Waals surface area (Å²) in [7, 11) is -3.80. The van der Waals surface area contributed by atoms with Crippen molar-refractivity contribution in [2.24, 2.45) is 0 Å².